The highest BCUT2D eigenvalue weighted by Gasteiger charge is 2.30. The number of para-hydroxylation sites is 1. The molecule has 4 aromatic rings. The van der Waals surface area contributed by atoms with Crippen LogP contribution in [0.2, 0.25) is 5.02 Å². The normalized spacial score (nSPS) is 12.1. The number of aromatic nitrogens is 2. The maximum absolute atomic E-state index is 13.6. The number of hydrogen-bond donors (Lipinski definition) is 0. The number of carbonyl (C=O) groups is 1. The smallest absolute Gasteiger partial charge is 0.290 e. The first-order chi connectivity index (χ1) is 16.0. The minimum atomic E-state index is -0.519. The highest BCUT2D eigenvalue weighted by molar-refractivity contribution is 6.30. The van der Waals surface area contributed by atoms with E-state index in [0.717, 1.165) is 0 Å². The van der Waals surface area contributed by atoms with E-state index in [1.807, 2.05) is 13.0 Å². The first-order valence-electron chi connectivity index (χ1n) is 10.7. The largest absolute Gasteiger partial charge is 0.459 e. The summed E-state index contributed by atoms with van der Waals surface area (Å²) < 4.78 is 12.2. The Balaban J connectivity index is 1.95. The van der Waals surface area contributed by atoms with Crippen molar-refractivity contribution in [2.75, 3.05) is 20.3 Å². The van der Waals surface area contributed by atoms with Crippen molar-refractivity contribution in [3.8, 4) is 5.69 Å². The summed E-state index contributed by atoms with van der Waals surface area (Å²) in [6.07, 6.45) is 1.97. The number of amides is 1. The lowest BCUT2D eigenvalue weighted by Gasteiger charge is -2.31. The van der Waals surface area contributed by atoms with E-state index in [1.54, 1.807) is 66.6 Å². The number of ether oxygens (including phenoxy) is 1. The van der Waals surface area contributed by atoms with Crippen LogP contribution in [0.15, 0.2) is 76.1 Å². The highest BCUT2D eigenvalue weighted by Crippen LogP contribution is 2.28. The van der Waals surface area contributed by atoms with Crippen LogP contribution in [0, 0.1) is 0 Å². The fourth-order valence-electron chi connectivity index (χ4n) is 3.91. The summed E-state index contributed by atoms with van der Waals surface area (Å²) in [5.41, 5.74) is 0.913. The average molecular weight is 466 g/mol. The summed E-state index contributed by atoms with van der Waals surface area (Å²) in [5.74, 6) is 0.352. The zero-order valence-corrected chi connectivity index (χ0v) is 19.2. The van der Waals surface area contributed by atoms with Crippen molar-refractivity contribution in [2.24, 2.45) is 0 Å². The predicted molar refractivity (Wildman–Crippen MR) is 127 cm³/mol. The maximum atomic E-state index is 13.6. The van der Waals surface area contributed by atoms with E-state index in [0.29, 0.717) is 47.0 Å². The number of hydrogen-bond acceptors (Lipinski definition) is 5. The van der Waals surface area contributed by atoms with E-state index >= 15 is 0 Å². The molecule has 0 bridgehead atoms. The number of halogens is 1. The van der Waals surface area contributed by atoms with Gasteiger partial charge in [-0.15, -0.1) is 0 Å². The molecule has 1 amide bonds. The van der Waals surface area contributed by atoms with Gasteiger partial charge in [0.1, 0.15) is 5.82 Å². The van der Waals surface area contributed by atoms with Crippen LogP contribution in [0.3, 0.4) is 0 Å². The fraction of sp³-hybridized carbons (Fsp3) is 0.240. The van der Waals surface area contributed by atoms with Crippen molar-refractivity contribution in [2.45, 2.75) is 19.4 Å². The Hall–Kier alpha value is -3.42. The summed E-state index contributed by atoms with van der Waals surface area (Å²) in [6, 6.07) is 17.0. The van der Waals surface area contributed by atoms with E-state index < -0.39 is 6.04 Å². The van der Waals surface area contributed by atoms with Gasteiger partial charge in [-0.05, 0) is 48.9 Å². The lowest BCUT2D eigenvalue weighted by atomic mass is 10.1. The van der Waals surface area contributed by atoms with Gasteiger partial charge in [0.25, 0.3) is 11.5 Å². The number of furan rings is 1. The molecule has 1 atom stereocenters. The number of nitrogens with zero attached hydrogens (tertiary/aromatic N) is 3. The molecule has 0 spiro atoms. The molecular formula is C25H24ClN3O4. The van der Waals surface area contributed by atoms with Crippen LogP contribution in [0.5, 0.6) is 0 Å². The predicted octanol–water partition coefficient (Wildman–Crippen LogP) is 4.87. The first-order valence-corrected chi connectivity index (χ1v) is 11.0. The fourth-order valence-corrected chi connectivity index (χ4v) is 4.10. The summed E-state index contributed by atoms with van der Waals surface area (Å²) in [4.78, 5) is 33.5. The number of methoxy groups -OCH3 is 1. The average Bonchev–Trinajstić information content (AvgIpc) is 3.36. The molecule has 8 heteroatoms. The van der Waals surface area contributed by atoms with Crippen LogP contribution < -0.4 is 5.56 Å². The van der Waals surface area contributed by atoms with E-state index in [2.05, 4.69) is 0 Å². The number of rotatable bonds is 8. The van der Waals surface area contributed by atoms with E-state index in [-0.39, 0.29) is 17.2 Å². The summed E-state index contributed by atoms with van der Waals surface area (Å²) in [6.45, 7) is 2.56. The summed E-state index contributed by atoms with van der Waals surface area (Å²) in [7, 11) is 1.58. The van der Waals surface area contributed by atoms with Gasteiger partial charge in [0.15, 0.2) is 5.76 Å². The van der Waals surface area contributed by atoms with Gasteiger partial charge in [0, 0.05) is 18.7 Å². The Morgan fingerprint density at radius 2 is 2.00 bits per heavy atom. The monoisotopic (exact) mass is 465 g/mol. The molecule has 0 radical (unpaired) electrons. The van der Waals surface area contributed by atoms with Gasteiger partial charge in [0.2, 0.25) is 0 Å². The molecule has 2 aromatic carbocycles. The second-order valence-electron chi connectivity index (χ2n) is 7.50. The second kappa shape index (κ2) is 10.0. The van der Waals surface area contributed by atoms with Gasteiger partial charge in [-0.1, -0.05) is 36.7 Å². The molecule has 2 aromatic heterocycles. The molecule has 7 nitrogen and oxygen atoms in total. The van der Waals surface area contributed by atoms with Crippen molar-refractivity contribution in [3.63, 3.8) is 0 Å². The Morgan fingerprint density at radius 1 is 1.18 bits per heavy atom. The van der Waals surface area contributed by atoms with Gasteiger partial charge in [-0.3, -0.25) is 14.2 Å². The molecule has 33 heavy (non-hydrogen) atoms. The third kappa shape index (κ3) is 4.55. The molecule has 4 rings (SSSR count). The minimum absolute atomic E-state index is 0.210. The maximum Gasteiger partial charge on any atom is 0.290 e. The zero-order chi connectivity index (χ0) is 23.4. The first kappa shape index (κ1) is 22.8. The minimum Gasteiger partial charge on any atom is -0.459 e. The van der Waals surface area contributed by atoms with Crippen molar-refractivity contribution in [1.29, 1.82) is 0 Å². The van der Waals surface area contributed by atoms with E-state index in [9.17, 15) is 9.59 Å². The van der Waals surface area contributed by atoms with E-state index in [1.165, 1.54) is 10.8 Å². The van der Waals surface area contributed by atoms with Crippen LogP contribution >= 0.6 is 11.6 Å². The van der Waals surface area contributed by atoms with Gasteiger partial charge >= 0.3 is 0 Å². The number of benzene rings is 2. The third-order valence-corrected chi connectivity index (χ3v) is 5.69. The molecule has 0 saturated heterocycles. The molecule has 2 heterocycles. The number of carbonyl (C=O) groups excluding carboxylic acids is 1. The highest BCUT2D eigenvalue weighted by atomic mass is 35.5. The molecule has 1 unspecified atom stereocenters. The SMILES string of the molecule is CCC(c1nc2ccccc2c(=O)n1-c1cccc(Cl)c1)N(CCOC)C(=O)c1ccco1. The van der Waals surface area contributed by atoms with Crippen molar-refractivity contribution < 1.29 is 13.9 Å². The third-order valence-electron chi connectivity index (χ3n) is 5.46. The lowest BCUT2D eigenvalue weighted by molar-refractivity contribution is 0.0548. The molecule has 0 aliphatic rings. The second-order valence-corrected chi connectivity index (χ2v) is 7.94. The Bertz CT molecular complexity index is 1320. The summed E-state index contributed by atoms with van der Waals surface area (Å²) in [5, 5.41) is 0.978. The lowest BCUT2D eigenvalue weighted by Crippen LogP contribution is -2.40. The molecule has 0 fully saturated rings. The Kier molecular flexibility index (Phi) is 6.91. The molecule has 170 valence electrons. The van der Waals surface area contributed by atoms with Crippen molar-refractivity contribution in [1.82, 2.24) is 14.5 Å². The number of fused-ring (bicyclic) bond motifs is 1. The topological polar surface area (TPSA) is 77.6 Å². The Morgan fingerprint density at radius 3 is 2.70 bits per heavy atom. The standard InChI is InChI=1S/C25H24ClN3O4/c1-3-21(28(13-15-32-2)25(31)22-12-7-14-33-22)23-27-20-11-5-4-10-19(20)24(30)29(23)18-9-6-8-17(26)16-18/h4-12,14,16,21H,3,13,15H2,1-2H3. The molecule has 0 saturated carbocycles. The molecule has 0 N–H and O–H groups in total. The van der Waals surface area contributed by atoms with Crippen LogP contribution in [-0.2, 0) is 4.74 Å². The summed E-state index contributed by atoms with van der Waals surface area (Å²) >= 11 is 6.25. The van der Waals surface area contributed by atoms with Crippen LogP contribution in [0.1, 0.15) is 35.8 Å². The van der Waals surface area contributed by atoms with Crippen LogP contribution in [0.25, 0.3) is 16.6 Å². The van der Waals surface area contributed by atoms with Gasteiger partial charge in [-0.2, -0.15) is 0 Å². The quantitative estimate of drug-likeness (QED) is 0.371. The van der Waals surface area contributed by atoms with Crippen molar-refractivity contribution >= 4 is 28.4 Å². The molecular weight excluding hydrogens is 442 g/mol. The van der Waals surface area contributed by atoms with Crippen molar-refractivity contribution in [3.05, 3.63) is 93.9 Å². The van der Waals surface area contributed by atoms with Gasteiger partial charge in [0.05, 0.1) is 35.5 Å². The molecule has 0 aliphatic carbocycles. The van der Waals surface area contributed by atoms with Gasteiger partial charge < -0.3 is 14.1 Å². The Labute approximate surface area is 196 Å². The van der Waals surface area contributed by atoms with Crippen LogP contribution in [-0.4, -0.2) is 40.6 Å². The zero-order valence-electron chi connectivity index (χ0n) is 18.4. The molecule has 0 aliphatic heterocycles. The van der Waals surface area contributed by atoms with Gasteiger partial charge in [-0.25, -0.2) is 4.98 Å². The van der Waals surface area contributed by atoms with E-state index in [4.69, 9.17) is 25.7 Å². The van der Waals surface area contributed by atoms with Crippen LogP contribution in [0.4, 0.5) is 0 Å².